The molecular formula is C26H34N2O7. The molecule has 4 rings (SSSR count). The molecule has 2 fully saturated rings. The van der Waals surface area contributed by atoms with Crippen LogP contribution in [-0.2, 0) is 27.2 Å². The number of rotatable bonds is 6. The van der Waals surface area contributed by atoms with Crippen molar-refractivity contribution >= 4 is 23.2 Å². The molecule has 0 saturated heterocycles. The van der Waals surface area contributed by atoms with E-state index in [4.69, 9.17) is 5.73 Å². The third-order valence-corrected chi connectivity index (χ3v) is 8.12. The molecule has 0 aliphatic heterocycles. The van der Waals surface area contributed by atoms with Gasteiger partial charge in [0.1, 0.15) is 17.4 Å². The van der Waals surface area contributed by atoms with Gasteiger partial charge < -0.3 is 31.1 Å². The minimum atomic E-state index is -2.63. The second-order valence-corrected chi connectivity index (χ2v) is 10.3. The number of aliphatic hydroxyl groups excluding tert-OH is 2. The first kappa shape index (κ1) is 25.3. The summed E-state index contributed by atoms with van der Waals surface area (Å²) in [7, 11) is 3.27. The molecule has 0 radical (unpaired) electrons. The fraction of sp³-hybridized carbons (Fsp3) is 0.577. The van der Waals surface area contributed by atoms with Gasteiger partial charge in [-0.3, -0.25) is 14.4 Å². The number of ketones is 2. The number of Topliss-reactive ketones (excluding diaryl/α,β-unsaturated/α-hetero) is 2. The molecule has 9 nitrogen and oxygen atoms in total. The molecule has 0 bridgehead atoms. The Morgan fingerprint density at radius 3 is 2.49 bits per heavy atom. The Bertz CT molecular complexity index is 1110. The van der Waals surface area contributed by atoms with Crippen LogP contribution in [-0.4, -0.2) is 74.6 Å². The van der Waals surface area contributed by atoms with Crippen molar-refractivity contribution in [1.82, 2.24) is 4.90 Å². The van der Waals surface area contributed by atoms with Gasteiger partial charge in [-0.2, -0.15) is 0 Å². The van der Waals surface area contributed by atoms with E-state index in [1.54, 1.807) is 19.0 Å². The van der Waals surface area contributed by atoms with Crippen molar-refractivity contribution < 1.29 is 34.8 Å². The smallest absolute Gasteiger partial charge is 0.230 e. The number of hydrogen-bond donors (Lipinski definition) is 5. The topological polar surface area (TPSA) is 161 Å². The first-order valence-corrected chi connectivity index (χ1v) is 12.2. The third kappa shape index (κ3) is 3.68. The molecule has 1 aromatic rings. The van der Waals surface area contributed by atoms with Crippen molar-refractivity contribution in [2.75, 3.05) is 14.1 Å². The number of aryl methyl sites for hydroxylation is 1. The summed E-state index contributed by atoms with van der Waals surface area (Å²) in [6.45, 7) is 2.10. The highest BCUT2D eigenvalue weighted by molar-refractivity contribution is 6.25. The predicted molar refractivity (Wildman–Crippen MR) is 127 cm³/mol. The fourth-order valence-electron chi connectivity index (χ4n) is 6.47. The van der Waals surface area contributed by atoms with E-state index in [0.29, 0.717) is 6.42 Å². The minimum absolute atomic E-state index is 0.122. The summed E-state index contributed by atoms with van der Waals surface area (Å²) < 4.78 is 0. The Labute approximate surface area is 204 Å². The lowest BCUT2D eigenvalue weighted by Crippen LogP contribution is -2.73. The van der Waals surface area contributed by atoms with Crippen LogP contribution in [0.1, 0.15) is 49.3 Å². The van der Waals surface area contributed by atoms with Gasteiger partial charge in [-0.25, -0.2) is 0 Å². The van der Waals surface area contributed by atoms with E-state index in [1.165, 1.54) is 6.07 Å². The summed E-state index contributed by atoms with van der Waals surface area (Å²) in [5, 5.41) is 44.3. The number of nitrogens with zero attached hydrogens (tertiary/aromatic N) is 1. The van der Waals surface area contributed by atoms with Gasteiger partial charge in [0, 0.05) is 17.5 Å². The summed E-state index contributed by atoms with van der Waals surface area (Å²) >= 11 is 0. The maximum atomic E-state index is 13.8. The number of aromatic hydroxyl groups is 1. The Morgan fingerprint density at radius 1 is 1.20 bits per heavy atom. The lowest BCUT2D eigenvalue weighted by Gasteiger charge is -2.53. The number of benzene rings is 1. The normalized spacial score (nSPS) is 32.3. The number of nitrogens with two attached hydrogens (primary N) is 1. The highest BCUT2D eigenvalue weighted by atomic mass is 16.3. The maximum absolute atomic E-state index is 13.8. The zero-order valence-electron chi connectivity index (χ0n) is 20.3. The molecule has 6 N–H and O–H groups in total. The number of aliphatic hydroxyl groups is 3. The number of phenols is 1. The van der Waals surface area contributed by atoms with Crippen LogP contribution in [0.5, 0.6) is 5.75 Å². The lowest BCUT2D eigenvalue weighted by molar-refractivity contribution is -0.184. The van der Waals surface area contributed by atoms with E-state index >= 15 is 0 Å². The van der Waals surface area contributed by atoms with Crippen LogP contribution in [0.3, 0.4) is 0 Å². The Hall–Kier alpha value is -2.75. The van der Waals surface area contributed by atoms with Crippen LogP contribution in [0, 0.1) is 17.8 Å². The molecule has 1 amide bonds. The van der Waals surface area contributed by atoms with E-state index in [0.717, 1.165) is 36.8 Å². The maximum Gasteiger partial charge on any atom is 0.230 e. The number of phenolic OH excluding ortho intramolecular Hbond substituents is 1. The first-order valence-electron chi connectivity index (χ1n) is 12.2. The molecule has 2 saturated carbocycles. The fourth-order valence-corrected chi connectivity index (χ4v) is 6.47. The molecule has 3 aliphatic carbocycles. The SMILES string of the molecule is CCCCCc1ccc(O)c2c1C[C@@H]1C[C@@H]3[C@@H](N(C)C)C(O)C(C(N)=O)C(=O)[C@]3(O)C(=O)C1=C2O. The van der Waals surface area contributed by atoms with Crippen LogP contribution >= 0.6 is 0 Å². The monoisotopic (exact) mass is 486 g/mol. The van der Waals surface area contributed by atoms with Gasteiger partial charge in [0.05, 0.1) is 11.7 Å². The molecule has 3 aliphatic rings. The average molecular weight is 487 g/mol. The van der Waals surface area contributed by atoms with Crippen molar-refractivity contribution in [3.63, 3.8) is 0 Å². The van der Waals surface area contributed by atoms with Crippen molar-refractivity contribution in [2.45, 2.75) is 63.2 Å². The molecular weight excluding hydrogens is 452 g/mol. The Morgan fingerprint density at radius 2 is 1.89 bits per heavy atom. The summed E-state index contributed by atoms with van der Waals surface area (Å²) in [5.41, 5.74) is 4.52. The van der Waals surface area contributed by atoms with Crippen LogP contribution in [0.4, 0.5) is 0 Å². The molecule has 0 spiro atoms. The molecule has 0 aromatic heterocycles. The summed E-state index contributed by atoms with van der Waals surface area (Å²) in [6, 6.07) is 2.42. The van der Waals surface area contributed by atoms with Gasteiger partial charge in [-0.15, -0.1) is 0 Å². The van der Waals surface area contributed by atoms with Crippen LogP contribution in [0.25, 0.3) is 5.76 Å². The van der Waals surface area contributed by atoms with Gasteiger partial charge in [-0.05, 0) is 62.9 Å². The Balaban J connectivity index is 1.86. The second kappa shape index (κ2) is 9.04. The zero-order chi connectivity index (χ0) is 25.8. The molecule has 9 heteroatoms. The molecule has 6 atom stereocenters. The van der Waals surface area contributed by atoms with E-state index < -0.39 is 58.7 Å². The number of carbonyl (C=O) groups is 3. The van der Waals surface area contributed by atoms with Crippen LogP contribution < -0.4 is 5.73 Å². The molecule has 2 unspecified atom stereocenters. The number of hydrogen-bond acceptors (Lipinski definition) is 8. The number of primary amides is 1. The average Bonchev–Trinajstić information content (AvgIpc) is 2.77. The predicted octanol–water partition coefficient (Wildman–Crippen LogP) is 0.862. The molecule has 0 heterocycles. The van der Waals surface area contributed by atoms with Crippen LogP contribution in [0.15, 0.2) is 17.7 Å². The van der Waals surface area contributed by atoms with E-state index in [2.05, 4.69) is 6.92 Å². The molecule has 1 aromatic carbocycles. The summed E-state index contributed by atoms with van der Waals surface area (Å²) in [6.07, 6.45) is 2.75. The van der Waals surface area contributed by atoms with Crippen molar-refractivity contribution in [3.05, 3.63) is 34.4 Å². The summed E-state index contributed by atoms with van der Waals surface area (Å²) in [5.74, 6) is -7.19. The van der Waals surface area contributed by atoms with Gasteiger partial charge in [0.25, 0.3) is 0 Å². The van der Waals surface area contributed by atoms with Gasteiger partial charge in [0.15, 0.2) is 11.4 Å². The first-order chi connectivity index (χ1) is 16.5. The number of likely N-dealkylation sites (N-methyl/N-ethyl adjacent to an activating group) is 1. The number of amides is 1. The minimum Gasteiger partial charge on any atom is -0.507 e. The van der Waals surface area contributed by atoms with Gasteiger partial charge in [0.2, 0.25) is 11.7 Å². The largest absolute Gasteiger partial charge is 0.507 e. The van der Waals surface area contributed by atoms with E-state index in [1.807, 2.05) is 6.07 Å². The third-order valence-electron chi connectivity index (χ3n) is 8.12. The molecule has 190 valence electrons. The Kier molecular flexibility index (Phi) is 6.54. The number of carbonyl (C=O) groups excluding carboxylic acids is 3. The van der Waals surface area contributed by atoms with Crippen molar-refractivity contribution in [1.29, 1.82) is 0 Å². The van der Waals surface area contributed by atoms with Crippen LogP contribution in [0.2, 0.25) is 0 Å². The molecule has 35 heavy (non-hydrogen) atoms. The van der Waals surface area contributed by atoms with Gasteiger partial charge >= 0.3 is 0 Å². The number of unbranched alkanes of at least 4 members (excludes halogenated alkanes) is 2. The number of fused-ring (bicyclic) bond motifs is 3. The second-order valence-electron chi connectivity index (χ2n) is 10.3. The highest BCUT2D eigenvalue weighted by Crippen LogP contribution is 2.52. The van der Waals surface area contributed by atoms with Crippen molar-refractivity contribution in [2.24, 2.45) is 23.5 Å². The lowest BCUT2D eigenvalue weighted by atomic mass is 9.54. The quantitative estimate of drug-likeness (QED) is 0.292. The van der Waals surface area contributed by atoms with E-state index in [-0.39, 0.29) is 23.3 Å². The van der Waals surface area contributed by atoms with E-state index in [9.17, 15) is 34.8 Å². The van der Waals surface area contributed by atoms with Gasteiger partial charge in [-0.1, -0.05) is 25.8 Å². The zero-order valence-corrected chi connectivity index (χ0v) is 20.3. The van der Waals surface area contributed by atoms with Crippen molar-refractivity contribution in [3.8, 4) is 5.75 Å². The summed E-state index contributed by atoms with van der Waals surface area (Å²) in [4.78, 5) is 40.7. The standard InChI is InChI=1S/C26H34N2O7/c1-4-5-6-7-12-8-9-16(29)18-14(12)10-13-11-15-20(28(2)3)22(31)19(25(27)34)24(33)26(15,35)23(32)17(13)21(18)30/h8-9,13,15,19-20,22,29-31,35H,4-7,10-11H2,1-3H3,(H2,27,34)/t13-,15-,19?,20-,22?,26-/m1/s1. The highest BCUT2D eigenvalue weighted by Gasteiger charge is 2.67.